The highest BCUT2D eigenvalue weighted by Gasteiger charge is 2.31. The molecule has 170 valence electrons. The van der Waals surface area contributed by atoms with Crippen LogP contribution in [0, 0.1) is 5.92 Å². The summed E-state index contributed by atoms with van der Waals surface area (Å²) >= 11 is 0. The fourth-order valence-electron chi connectivity index (χ4n) is 4.42. The quantitative estimate of drug-likeness (QED) is 0.338. The van der Waals surface area contributed by atoms with E-state index in [1.165, 1.54) is 5.69 Å². The summed E-state index contributed by atoms with van der Waals surface area (Å²) in [5.41, 5.74) is 1.34. The van der Waals surface area contributed by atoms with Crippen molar-refractivity contribution >= 4 is 35.6 Å². The molecule has 3 unspecified atom stereocenters. The Morgan fingerprint density at radius 1 is 1.03 bits per heavy atom. The van der Waals surface area contributed by atoms with E-state index in [-0.39, 0.29) is 24.0 Å². The molecule has 2 saturated heterocycles. The van der Waals surface area contributed by atoms with Gasteiger partial charge in [-0.1, -0.05) is 25.1 Å². The molecule has 3 rings (SSSR count). The Hall–Kier alpha value is -1.06. The SMILES string of the molecule is CN=C(NCC(C)N1CCN(c2ccccc2)CC1)NC1CN(C(C)C)CC1C.I. The molecule has 0 aliphatic carbocycles. The van der Waals surface area contributed by atoms with Crippen molar-refractivity contribution in [2.24, 2.45) is 10.9 Å². The number of hydrogen-bond acceptors (Lipinski definition) is 4. The molecular weight excluding hydrogens is 487 g/mol. The highest BCUT2D eigenvalue weighted by atomic mass is 127. The van der Waals surface area contributed by atoms with Crippen LogP contribution < -0.4 is 15.5 Å². The summed E-state index contributed by atoms with van der Waals surface area (Å²) < 4.78 is 0. The Morgan fingerprint density at radius 2 is 1.70 bits per heavy atom. The Balaban J connectivity index is 0.00000320. The summed E-state index contributed by atoms with van der Waals surface area (Å²) in [6.45, 7) is 16.8. The van der Waals surface area contributed by atoms with E-state index in [0.29, 0.717) is 24.0 Å². The lowest BCUT2D eigenvalue weighted by Gasteiger charge is -2.39. The standard InChI is InChI=1S/C23H40N6.HI/c1-18(2)29-16-19(3)22(17-29)26-23(24-5)25-15-20(4)27-11-13-28(14-12-27)21-9-7-6-8-10-21;/h6-10,18-20,22H,11-17H2,1-5H3,(H2,24,25,26);1H. The van der Waals surface area contributed by atoms with E-state index >= 15 is 0 Å². The van der Waals surface area contributed by atoms with E-state index in [2.05, 4.69) is 88.4 Å². The van der Waals surface area contributed by atoms with Gasteiger partial charge in [0, 0.05) is 76.7 Å². The number of rotatable bonds is 6. The van der Waals surface area contributed by atoms with Gasteiger partial charge in [-0.25, -0.2) is 0 Å². The molecule has 2 fully saturated rings. The second-order valence-corrected chi connectivity index (χ2v) is 8.94. The molecule has 1 aromatic carbocycles. The van der Waals surface area contributed by atoms with Gasteiger partial charge in [-0.15, -0.1) is 24.0 Å². The molecule has 2 aliphatic heterocycles. The molecule has 0 radical (unpaired) electrons. The third-order valence-electron chi connectivity index (χ3n) is 6.54. The van der Waals surface area contributed by atoms with Crippen molar-refractivity contribution in [3.63, 3.8) is 0 Å². The number of halogens is 1. The number of benzene rings is 1. The zero-order chi connectivity index (χ0) is 20.8. The fourth-order valence-corrected chi connectivity index (χ4v) is 4.42. The molecule has 6 nitrogen and oxygen atoms in total. The maximum absolute atomic E-state index is 4.47. The third-order valence-corrected chi connectivity index (χ3v) is 6.54. The van der Waals surface area contributed by atoms with Crippen LogP contribution >= 0.6 is 24.0 Å². The van der Waals surface area contributed by atoms with Gasteiger partial charge in [-0.05, 0) is 38.8 Å². The van der Waals surface area contributed by atoms with Crippen LogP contribution in [0.1, 0.15) is 27.7 Å². The van der Waals surface area contributed by atoms with Gasteiger partial charge in [-0.2, -0.15) is 0 Å². The highest BCUT2D eigenvalue weighted by Crippen LogP contribution is 2.19. The average Bonchev–Trinajstić information content (AvgIpc) is 3.12. The lowest BCUT2D eigenvalue weighted by atomic mass is 10.1. The van der Waals surface area contributed by atoms with Crippen molar-refractivity contribution in [3.8, 4) is 0 Å². The van der Waals surface area contributed by atoms with Gasteiger partial charge in [0.15, 0.2) is 5.96 Å². The highest BCUT2D eigenvalue weighted by molar-refractivity contribution is 14.0. The second-order valence-electron chi connectivity index (χ2n) is 8.94. The molecule has 0 spiro atoms. The van der Waals surface area contributed by atoms with Gasteiger partial charge in [0.2, 0.25) is 0 Å². The summed E-state index contributed by atoms with van der Waals surface area (Å²) in [5.74, 6) is 1.57. The molecule has 0 aromatic heterocycles. The van der Waals surface area contributed by atoms with Crippen LogP contribution in [0.4, 0.5) is 5.69 Å². The molecule has 2 N–H and O–H groups in total. The number of guanidine groups is 1. The molecule has 7 heteroatoms. The van der Waals surface area contributed by atoms with E-state index in [1.807, 2.05) is 7.05 Å². The van der Waals surface area contributed by atoms with Crippen molar-refractivity contribution in [1.82, 2.24) is 20.4 Å². The molecule has 30 heavy (non-hydrogen) atoms. The van der Waals surface area contributed by atoms with Crippen LogP contribution in [0.25, 0.3) is 0 Å². The number of aliphatic imine (C=N–C) groups is 1. The first kappa shape index (κ1) is 25.2. The van der Waals surface area contributed by atoms with E-state index in [9.17, 15) is 0 Å². The molecule has 2 heterocycles. The van der Waals surface area contributed by atoms with Gasteiger partial charge < -0.3 is 15.5 Å². The van der Waals surface area contributed by atoms with Crippen molar-refractivity contribution in [1.29, 1.82) is 0 Å². The van der Waals surface area contributed by atoms with Crippen molar-refractivity contribution in [3.05, 3.63) is 30.3 Å². The molecular formula is C23H41IN6. The predicted molar refractivity (Wildman–Crippen MR) is 139 cm³/mol. The van der Waals surface area contributed by atoms with E-state index < -0.39 is 0 Å². The van der Waals surface area contributed by atoms with Crippen LogP contribution in [0.2, 0.25) is 0 Å². The first-order valence-electron chi connectivity index (χ1n) is 11.2. The summed E-state index contributed by atoms with van der Waals surface area (Å²) in [7, 11) is 1.87. The van der Waals surface area contributed by atoms with E-state index in [0.717, 1.165) is 51.8 Å². The largest absolute Gasteiger partial charge is 0.369 e. The second kappa shape index (κ2) is 12.1. The van der Waals surface area contributed by atoms with Gasteiger partial charge in [0.05, 0.1) is 0 Å². The Bertz CT molecular complexity index is 644. The minimum Gasteiger partial charge on any atom is -0.369 e. The molecule has 0 bridgehead atoms. The number of likely N-dealkylation sites (tertiary alicyclic amines) is 1. The van der Waals surface area contributed by atoms with Crippen LogP contribution in [-0.4, -0.2) is 86.7 Å². The Kier molecular flexibility index (Phi) is 10.2. The summed E-state index contributed by atoms with van der Waals surface area (Å²) in [6.07, 6.45) is 0. The number of piperazine rings is 1. The number of anilines is 1. The molecule has 1 aromatic rings. The first-order chi connectivity index (χ1) is 14.0. The monoisotopic (exact) mass is 528 g/mol. The zero-order valence-corrected chi connectivity index (χ0v) is 21.7. The Labute approximate surface area is 200 Å². The van der Waals surface area contributed by atoms with Gasteiger partial charge >= 0.3 is 0 Å². The van der Waals surface area contributed by atoms with Crippen molar-refractivity contribution in [2.75, 3.05) is 57.8 Å². The lowest BCUT2D eigenvalue weighted by Crippen LogP contribution is -2.54. The van der Waals surface area contributed by atoms with Crippen molar-refractivity contribution in [2.45, 2.75) is 45.8 Å². The molecule has 2 aliphatic rings. The summed E-state index contributed by atoms with van der Waals surface area (Å²) in [5, 5.41) is 7.22. The average molecular weight is 529 g/mol. The van der Waals surface area contributed by atoms with Crippen LogP contribution in [0.5, 0.6) is 0 Å². The van der Waals surface area contributed by atoms with Gasteiger partial charge in [-0.3, -0.25) is 14.8 Å². The van der Waals surface area contributed by atoms with Gasteiger partial charge in [0.1, 0.15) is 0 Å². The minimum atomic E-state index is 0. The maximum Gasteiger partial charge on any atom is 0.191 e. The normalized spacial score (nSPS) is 24.6. The van der Waals surface area contributed by atoms with Crippen LogP contribution in [0.15, 0.2) is 35.3 Å². The predicted octanol–water partition coefficient (Wildman–Crippen LogP) is 2.71. The maximum atomic E-state index is 4.47. The lowest BCUT2D eigenvalue weighted by molar-refractivity contribution is 0.197. The molecule has 0 amide bonds. The molecule has 0 saturated carbocycles. The number of nitrogens with zero attached hydrogens (tertiary/aromatic N) is 4. The number of hydrogen-bond donors (Lipinski definition) is 2. The van der Waals surface area contributed by atoms with E-state index in [4.69, 9.17) is 0 Å². The third kappa shape index (κ3) is 6.72. The summed E-state index contributed by atoms with van der Waals surface area (Å²) in [4.78, 5) is 12.1. The van der Waals surface area contributed by atoms with E-state index in [1.54, 1.807) is 0 Å². The minimum absolute atomic E-state index is 0. The van der Waals surface area contributed by atoms with Crippen LogP contribution in [-0.2, 0) is 0 Å². The number of para-hydroxylation sites is 1. The number of nitrogens with one attached hydrogen (secondary N) is 2. The van der Waals surface area contributed by atoms with Crippen LogP contribution in [0.3, 0.4) is 0 Å². The van der Waals surface area contributed by atoms with Gasteiger partial charge in [0.25, 0.3) is 0 Å². The first-order valence-corrected chi connectivity index (χ1v) is 11.2. The zero-order valence-electron chi connectivity index (χ0n) is 19.3. The summed E-state index contributed by atoms with van der Waals surface area (Å²) in [6, 6.07) is 12.3. The van der Waals surface area contributed by atoms with Crippen molar-refractivity contribution < 1.29 is 0 Å². The smallest absolute Gasteiger partial charge is 0.191 e. The topological polar surface area (TPSA) is 46.1 Å². The molecule has 3 atom stereocenters. The fraction of sp³-hybridized carbons (Fsp3) is 0.696. The Morgan fingerprint density at radius 3 is 2.27 bits per heavy atom.